The molecule has 3 N–H and O–H groups in total. The lowest BCUT2D eigenvalue weighted by molar-refractivity contribution is 0.102. The molecule has 0 radical (unpaired) electrons. The molecule has 10 heteroatoms. The topological polar surface area (TPSA) is 126 Å². The summed E-state index contributed by atoms with van der Waals surface area (Å²) in [6.07, 6.45) is 0. The first-order valence-electron chi connectivity index (χ1n) is 9.98. The van der Waals surface area contributed by atoms with E-state index in [1.807, 2.05) is 0 Å². The fourth-order valence-corrected chi connectivity index (χ4v) is 5.03. The number of aromatic hydroxyl groups is 1. The zero-order valence-corrected chi connectivity index (χ0v) is 19.6. The molecule has 0 aliphatic rings. The molecule has 174 valence electrons. The summed E-state index contributed by atoms with van der Waals surface area (Å²) in [7, 11) is -2.90. The van der Waals surface area contributed by atoms with Crippen LogP contribution in [0.15, 0.2) is 75.2 Å². The van der Waals surface area contributed by atoms with E-state index in [1.54, 1.807) is 25.1 Å². The number of carbonyl (C=O) groups excluding carboxylic acids is 1. The van der Waals surface area contributed by atoms with Crippen LogP contribution in [0.2, 0.25) is 5.02 Å². The molecule has 3 aromatic carbocycles. The van der Waals surface area contributed by atoms with Gasteiger partial charge in [0.1, 0.15) is 11.5 Å². The maximum Gasteiger partial charge on any atom is 0.271 e. The fourth-order valence-electron chi connectivity index (χ4n) is 3.46. The normalized spacial score (nSPS) is 11.4. The van der Waals surface area contributed by atoms with Gasteiger partial charge in [-0.3, -0.25) is 9.59 Å². The highest BCUT2D eigenvalue weighted by Crippen LogP contribution is 2.32. The van der Waals surface area contributed by atoms with Gasteiger partial charge in [-0.1, -0.05) is 17.7 Å². The molecule has 0 atom stereocenters. The first-order chi connectivity index (χ1) is 16.1. The molecule has 0 fully saturated rings. The highest BCUT2D eigenvalue weighted by molar-refractivity contribution is 7.91. The Hall–Kier alpha value is -3.82. The van der Waals surface area contributed by atoms with Crippen LogP contribution < -0.4 is 15.6 Å². The summed E-state index contributed by atoms with van der Waals surface area (Å²) in [5.41, 5.74) is 0.496. The lowest BCUT2D eigenvalue weighted by Gasteiger charge is -2.12. The molecule has 8 nitrogen and oxygen atoms in total. The van der Waals surface area contributed by atoms with Crippen LogP contribution in [0.25, 0.3) is 10.9 Å². The third-order valence-corrected chi connectivity index (χ3v) is 7.58. The number of pyridine rings is 1. The zero-order valence-electron chi connectivity index (χ0n) is 18.0. The molecular formula is C24H19ClN2O6S. The number of aromatic nitrogens is 1. The molecule has 4 rings (SSSR count). The Morgan fingerprint density at radius 3 is 2.47 bits per heavy atom. The number of sulfone groups is 1. The SMILES string of the molecule is COc1ccc(S(=O)(=O)c2c(O)c3ccc(C(=O)Nc4cccc(Cl)c4C)cc3[nH]c2=O)cc1. The molecule has 0 saturated carbocycles. The summed E-state index contributed by atoms with van der Waals surface area (Å²) in [4.78, 5) is 27.0. The summed E-state index contributed by atoms with van der Waals surface area (Å²) in [6, 6.07) is 14.7. The predicted octanol–water partition coefficient (Wildman–Crippen LogP) is 4.29. The van der Waals surface area contributed by atoms with E-state index in [1.165, 1.54) is 49.6 Å². The van der Waals surface area contributed by atoms with E-state index in [2.05, 4.69) is 10.3 Å². The van der Waals surface area contributed by atoms with Crippen molar-refractivity contribution in [2.75, 3.05) is 12.4 Å². The number of fused-ring (bicyclic) bond motifs is 1. The second kappa shape index (κ2) is 8.85. The number of aromatic amines is 1. The van der Waals surface area contributed by atoms with Crippen LogP contribution in [-0.2, 0) is 9.84 Å². The third-order valence-electron chi connectivity index (χ3n) is 5.36. The highest BCUT2D eigenvalue weighted by Gasteiger charge is 2.27. The van der Waals surface area contributed by atoms with E-state index < -0.39 is 31.9 Å². The van der Waals surface area contributed by atoms with Gasteiger partial charge < -0.3 is 20.1 Å². The molecule has 1 heterocycles. The summed E-state index contributed by atoms with van der Waals surface area (Å²) in [6.45, 7) is 1.76. The minimum absolute atomic E-state index is 0.0715. The Morgan fingerprint density at radius 2 is 1.79 bits per heavy atom. The largest absolute Gasteiger partial charge is 0.506 e. The quantitative estimate of drug-likeness (QED) is 0.377. The first kappa shape index (κ1) is 23.3. The van der Waals surface area contributed by atoms with Crippen LogP contribution in [0.4, 0.5) is 5.69 Å². The van der Waals surface area contributed by atoms with E-state index in [4.69, 9.17) is 16.3 Å². The fraction of sp³-hybridized carbons (Fsp3) is 0.0833. The molecule has 0 bridgehead atoms. The highest BCUT2D eigenvalue weighted by atomic mass is 35.5. The van der Waals surface area contributed by atoms with Gasteiger partial charge in [0, 0.05) is 21.7 Å². The molecule has 0 aliphatic carbocycles. The maximum atomic E-state index is 13.1. The van der Waals surface area contributed by atoms with Crippen molar-refractivity contribution in [1.82, 2.24) is 4.98 Å². The van der Waals surface area contributed by atoms with Crippen molar-refractivity contribution in [3.63, 3.8) is 0 Å². The first-order valence-corrected chi connectivity index (χ1v) is 11.8. The Morgan fingerprint density at radius 1 is 1.09 bits per heavy atom. The summed E-state index contributed by atoms with van der Waals surface area (Å²) >= 11 is 6.09. The van der Waals surface area contributed by atoms with Gasteiger partial charge in [0.2, 0.25) is 9.84 Å². The number of hydrogen-bond acceptors (Lipinski definition) is 6. The lowest BCUT2D eigenvalue weighted by atomic mass is 10.1. The van der Waals surface area contributed by atoms with E-state index in [0.717, 1.165) is 0 Å². The van der Waals surface area contributed by atoms with Crippen LogP contribution in [0.3, 0.4) is 0 Å². The average molecular weight is 499 g/mol. The van der Waals surface area contributed by atoms with E-state index >= 15 is 0 Å². The molecule has 4 aromatic rings. The van der Waals surface area contributed by atoms with Crippen LogP contribution in [0.5, 0.6) is 11.5 Å². The van der Waals surface area contributed by atoms with Crippen molar-refractivity contribution in [2.24, 2.45) is 0 Å². The molecule has 1 aromatic heterocycles. The van der Waals surface area contributed by atoms with Gasteiger partial charge in [-0.05, 0) is 67.1 Å². The molecule has 1 amide bonds. The van der Waals surface area contributed by atoms with Gasteiger partial charge in [-0.15, -0.1) is 0 Å². The Labute approximate surface area is 199 Å². The summed E-state index contributed by atoms with van der Waals surface area (Å²) in [5.74, 6) is -0.732. The molecule has 0 saturated heterocycles. The predicted molar refractivity (Wildman–Crippen MR) is 129 cm³/mol. The van der Waals surface area contributed by atoms with Gasteiger partial charge in [0.15, 0.2) is 4.90 Å². The van der Waals surface area contributed by atoms with Crippen LogP contribution in [-0.4, -0.2) is 31.5 Å². The Kier molecular flexibility index (Phi) is 6.07. The van der Waals surface area contributed by atoms with Crippen molar-refractivity contribution in [3.05, 3.63) is 87.2 Å². The maximum absolute atomic E-state index is 13.1. The Bertz CT molecular complexity index is 1590. The number of benzene rings is 3. The molecular weight excluding hydrogens is 480 g/mol. The molecule has 34 heavy (non-hydrogen) atoms. The number of rotatable bonds is 5. The average Bonchev–Trinajstić information content (AvgIpc) is 2.81. The number of amides is 1. The Balaban J connectivity index is 1.75. The standard InChI is InChI=1S/C24H19ClN2O6S/c1-13-18(25)4-3-5-19(13)26-23(29)14-6-11-17-20(12-14)27-24(30)22(21(17)28)34(31,32)16-9-7-15(33-2)8-10-16/h3-12H,1-2H3,(H,26,29)(H2,27,28,30). The van der Waals surface area contributed by atoms with Gasteiger partial charge in [0.25, 0.3) is 11.5 Å². The number of anilines is 1. The molecule has 0 aliphatic heterocycles. The van der Waals surface area contributed by atoms with Crippen LogP contribution >= 0.6 is 11.6 Å². The summed E-state index contributed by atoms with van der Waals surface area (Å²) < 4.78 is 31.1. The second-order valence-electron chi connectivity index (χ2n) is 7.44. The van der Waals surface area contributed by atoms with E-state index in [9.17, 15) is 23.1 Å². The van der Waals surface area contributed by atoms with Crippen molar-refractivity contribution < 1.29 is 23.1 Å². The van der Waals surface area contributed by atoms with Gasteiger partial charge in [0.05, 0.1) is 17.5 Å². The van der Waals surface area contributed by atoms with Gasteiger partial charge in [-0.2, -0.15) is 0 Å². The van der Waals surface area contributed by atoms with Crippen molar-refractivity contribution >= 4 is 43.9 Å². The number of halogens is 1. The van der Waals surface area contributed by atoms with Crippen molar-refractivity contribution in [3.8, 4) is 11.5 Å². The number of ether oxygens (including phenoxy) is 1. The monoisotopic (exact) mass is 498 g/mol. The second-order valence-corrected chi connectivity index (χ2v) is 9.73. The minimum atomic E-state index is -4.33. The van der Waals surface area contributed by atoms with Gasteiger partial charge in [-0.25, -0.2) is 8.42 Å². The van der Waals surface area contributed by atoms with Gasteiger partial charge >= 0.3 is 0 Å². The van der Waals surface area contributed by atoms with E-state index in [-0.39, 0.29) is 21.4 Å². The number of methoxy groups -OCH3 is 1. The van der Waals surface area contributed by atoms with Crippen LogP contribution in [0, 0.1) is 6.92 Å². The number of nitrogens with one attached hydrogen (secondary N) is 2. The zero-order chi connectivity index (χ0) is 24.6. The smallest absolute Gasteiger partial charge is 0.271 e. The molecule has 0 spiro atoms. The van der Waals surface area contributed by atoms with Crippen molar-refractivity contribution in [1.29, 1.82) is 0 Å². The van der Waals surface area contributed by atoms with E-state index in [0.29, 0.717) is 22.0 Å². The van der Waals surface area contributed by atoms with Crippen molar-refractivity contribution in [2.45, 2.75) is 16.7 Å². The lowest BCUT2D eigenvalue weighted by Crippen LogP contribution is -2.19. The molecule has 0 unspecified atom stereocenters. The number of hydrogen-bond donors (Lipinski definition) is 3. The third kappa shape index (κ3) is 4.11. The van der Waals surface area contributed by atoms with Crippen LogP contribution in [0.1, 0.15) is 15.9 Å². The number of carbonyl (C=O) groups is 1. The number of H-pyrrole nitrogens is 1. The summed E-state index contributed by atoms with van der Waals surface area (Å²) in [5, 5.41) is 14.0. The minimum Gasteiger partial charge on any atom is -0.506 e.